The molecule has 0 saturated carbocycles. The van der Waals surface area contributed by atoms with Crippen molar-refractivity contribution in [3.8, 4) is 0 Å². The van der Waals surface area contributed by atoms with Gasteiger partial charge in [-0.25, -0.2) is 0 Å². The predicted octanol–water partition coefficient (Wildman–Crippen LogP) is 5.62. The van der Waals surface area contributed by atoms with Gasteiger partial charge >= 0.3 is 0 Å². The van der Waals surface area contributed by atoms with Gasteiger partial charge in [0.2, 0.25) is 0 Å². The standard InChI is InChI=1S/C20H27N3S/c1-6-23(7-2)13-8-9-16-18(10-13)24-19-12-15(21)14(20(3,4)5)11-17(19)22-16/h8-12,22H,6-7,21H2,1-5H3. The lowest BCUT2D eigenvalue weighted by atomic mass is 9.85. The lowest BCUT2D eigenvalue weighted by molar-refractivity contribution is 0.592. The van der Waals surface area contributed by atoms with E-state index in [0.29, 0.717) is 0 Å². The second-order valence-electron chi connectivity index (χ2n) is 7.27. The molecule has 0 fully saturated rings. The van der Waals surface area contributed by atoms with Gasteiger partial charge in [-0.3, -0.25) is 0 Å². The third-order valence-electron chi connectivity index (χ3n) is 4.54. The lowest BCUT2D eigenvalue weighted by Gasteiger charge is -2.28. The van der Waals surface area contributed by atoms with Crippen molar-refractivity contribution >= 4 is 34.5 Å². The normalized spacial score (nSPS) is 13.0. The van der Waals surface area contributed by atoms with E-state index in [0.717, 1.165) is 24.5 Å². The van der Waals surface area contributed by atoms with Crippen LogP contribution in [0.15, 0.2) is 40.1 Å². The van der Waals surface area contributed by atoms with Crippen LogP contribution in [0.4, 0.5) is 22.7 Å². The van der Waals surface area contributed by atoms with E-state index in [-0.39, 0.29) is 5.41 Å². The van der Waals surface area contributed by atoms with Crippen molar-refractivity contribution in [3.63, 3.8) is 0 Å². The summed E-state index contributed by atoms with van der Waals surface area (Å²) in [5.74, 6) is 0. The first-order valence-electron chi connectivity index (χ1n) is 8.61. The molecule has 24 heavy (non-hydrogen) atoms. The number of benzene rings is 2. The second kappa shape index (κ2) is 6.25. The van der Waals surface area contributed by atoms with Crippen molar-refractivity contribution in [2.75, 3.05) is 29.0 Å². The van der Waals surface area contributed by atoms with Gasteiger partial charge in [-0.15, -0.1) is 0 Å². The van der Waals surface area contributed by atoms with Gasteiger partial charge in [-0.2, -0.15) is 0 Å². The number of fused-ring (bicyclic) bond motifs is 2. The quantitative estimate of drug-likeness (QED) is 0.607. The molecule has 0 atom stereocenters. The summed E-state index contributed by atoms with van der Waals surface area (Å²) >= 11 is 1.80. The molecule has 0 unspecified atom stereocenters. The van der Waals surface area contributed by atoms with Gasteiger partial charge in [0.05, 0.1) is 11.4 Å². The Labute approximate surface area is 149 Å². The summed E-state index contributed by atoms with van der Waals surface area (Å²) in [6.45, 7) is 13.0. The van der Waals surface area contributed by atoms with Gasteiger partial charge < -0.3 is 16.0 Å². The summed E-state index contributed by atoms with van der Waals surface area (Å²) < 4.78 is 0. The Kier molecular flexibility index (Phi) is 4.43. The number of anilines is 4. The molecule has 0 spiro atoms. The minimum absolute atomic E-state index is 0.0400. The summed E-state index contributed by atoms with van der Waals surface area (Å²) in [5, 5.41) is 3.59. The van der Waals surface area contributed by atoms with Gasteiger partial charge in [0, 0.05) is 34.3 Å². The molecular weight excluding hydrogens is 314 g/mol. The number of hydrogen-bond donors (Lipinski definition) is 2. The van der Waals surface area contributed by atoms with E-state index >= 15 is 0 Å². The fourth-order valence-electron chi connectivity index (χ4n) is 3.17. The van der Waals surface area contributed by atoms with Crippen LogP contribution in [0.5, 0.6) is 0 Å². The van der Waals surface area contributed by atoms with E-state index in [9.17, 15) is 0 Å². The Hall–Kier alpha value is -1.81. The van der Waals surface area contributed by atoms with Crippen molar-refractivity contribution in [1.82, 2.24) is 0 Å². The zero-order valence-electron chi connectivity index (χ0n) is 15.2. The highest BCUT2D eigenvalue weighted by molar-refractivity contribution is 7.99. The van der Waals surface area contributed by atoms with Crippen LogP contribution in [0.1, 0.15) is 40.2 Å². The van der Waals surface area contributed by atoms with Crippen LogP contribution < -0.4 is 16.0 Å². The molecule has 1 heterocycles. The monoisotopic (exact) mass is 341 g/mol. The van der Waals surface area contributed by atoms with Crippen LogP contribution in [0.2, 0.25) is 0 Å². The van der Waals surface area contributed by atoms with Crippen LogP contribution >= 0.6 is 11.8 Å². The van der Waals surface area contributed by atoms with Crippen LogP contribution in [0.3, 0.4) is 0 Å². The highest BCUT2D eigenvalue weighted by Gasteiger charge is 2.23. The molecule has 2 aromatic carbocycles. The van der Waals surface area contributed by atoms with Gasteiger partial charge in [-0.05, 0) is 55.2 Å². The number of nitrogens with two attached hydrogens (primary N) is 1. The average molecular weight is 342 g/mol. The first-order valence-corrected chi connectivity index (χ1v) is 9.43. The molecule has 3 N–H and O–H groups in total. The molecular formula is C20H27N3S. The maximum atomic E-state index is 6.32. The Balaban J connectivity index is 1.98. The average Bonchev–Trinajstić information content (AvgIpc) is 2.52. The minimum atomic E-state index is 0.0400. The van der Waals surface area contributed by atoms with Crippen LogP contribution in [0, 0.1) is 0 Å². The van der Waals surface area contributed by atoms with E-state index in [1.165, 1.54) is 26.7 Å². The highest BCUT2D eigenvalue weighted by atomic mass is 32.2. The maximum Gasteiger partial charge on any atom is 0.0530 e. The SMILES string of the molecule is CCN(CC)c1ccc2c(c1)Sc1cc(N)c(C(C)(C)C)cc1N2. The Bertz CT molecular complexity index is 758. The molecule has 1 aliphatic heterocycles. The van der Waals surface area contributed by atoms with E-state index in [4.69, 9.17) is 5.73 Å². The number of hydrogen-bond acceptors (Lipinski definition) is 4. The molecule has 2 aromatic rings. The Morgan fingerprint density at radius 2 is 1.67 bits per heavy atom. The number of nitrogens with zero attached hydrogens (tertiary/aromatic N) is 1. The van der Waals surface area contributed by atoms with Crippen LogP contribution in [-0.2, 0) is 5.41 Å². The number of nitrogens with one attached hydrogen (secondary N) is 1. The lowest BCUT2D eigenvalue weighted by Crippen LogP contribution is -2.21. The van der Waals surface area contributed by atoms with Gasteiger partial charge in [0.25, 0.3) is 0 Å². The summed E-state index contributed by atoms with van der Waals surface area (Å²) in [5.41, 5.74) is 12.0. The fourth-order valence-corrected chi connectivity index (χ4v) is 4.23. The summed E-state index contributed by atoms with van der Waals surface area (Å²) in [7, 11) is 0. The Morgan fingerprint density at radius 1 is 1.00 bits per heavy atom. The molecule has 0 amide bonds. The summed E-state index contributed by atoms with van der Waals surface area (Å²) in [6, 6.07) is 11.0. The van der Waals surface area contributed by atoms with E-state index in [2.05, 4.69) is 75.2 Å². The molecule has 128 valence electrons. The summed E-state index contributed by atoms with van der Waals surface area (Å²) in [6.07, 6.45) is 0. The number of nitrogen functional groups attached to an aromatic ring is 1. The molecule has 0 saturated heterocycles. The Morgan fingerprint density at radius 3 is 2.29 bits per heavy atom. The van der Waals surface area contributed by atoms with Crippen LogP contribution in [-0.4, -0.2) is 13.1 Å². The minimum Gasteiger partial charge on any atom is -0.398 e. The first kappa shape index (κ1) is 17.0. The van der Waals surface area contributed by atoms with E-state index in [1.54, 1.807) is 11.8 Å². The fraction of sp³-hybridized carbons (Fsp3) is 0.400. The molecule has 3 nitrogen and oxygen atoms in total. The van der Waals surface area contributed by atoms with Gasteiger partial charge in [-0.1, -0.05) is 32.5 Å². The smallest absolute Gasteiger partial charge is 0.0530 e. The number of rotatable bonds is 3. The van der Waals surface area contributed by atoms with Gasteiger partial charge in [0.15, 0.2) is 0 Å². The van der Waals surface area contributed by atoms with Gasteiger partial charge in [0.1, 0.15) is 0 Å². The molecule has 0 radical (unpaired) electrons. The largest absolute Gasteiger partial charge is 0.398 e. The second-order valence-corrected chi connectivity index (χ2v) is 8.35. The van der Waals surface area contributed by atoms with Crippen molar-refractivity contribution in [1.29, 1.82) is 0 Å². The molecule has 0 aliphatic carbocycles. The third-order valence-corrected chi connectivity index (χ3v) is 5.66. The summed E-state index contributed by atoms with van der Waals surface area (Å²) in [4.78, 5) is 4.83. The third kappa shape index (κ3) is 3.07. The van der Waals surface area contributed by atoms with Crippen molar-refractivity contribution in [2.45, 2.75) is 49.8 Å². The first-order chi connectivity index (χ1) is 11.3. The maximum absolute atomic E-state index is 6.32. The molecule has 0 aromatic heterocycles. The highest BCUT2D eigenvalue weighted by Crippen LogP contribution is 2.47. The molecule has 3 rings (SSSR count). The molecule has 1 aliphatic rings. The van der Waals surface area contributed by atoms with E-state index < -0.39 is 0 Å². The van der Waals surface area contributed by atoms with Crippen molar-refractivity contribution in [3.05, 3.63) is 35.9 Å². The molecule has 4 heteroatoms. The van der Waals surface area contributed by atoms with Crippen molar-refractivity contribution < 1.29 is 0 Å². The zero-order chi connectivity index (χ0) is 17.5. The molecule has 0 bridgehead atoms. The van der Waals surface area contributed by atoms with Crippen LogP contribution in [0.25, 0.3) is 0 Å². The zero-order valence-corrected chi connectivity index (χ0v) is 16.1. The topological polar surface area (TPSA) is 41.3 Å². The van der Waals surface area contributed by atoms with E-state index in [1.807, 2.05) is 0 Å². The predicted molar refractivity (Wildman–Crippen MR) is 107 cm³/mol. The van der Waals surface area contributed by atoms with Crippen molar-refractivity contribution in [2.24, 2.45) is 0 Å².